The highest BCUT2D eigenvalue weighted by molar-refractivity contribution is 9.10. The maximum atomic E-state index is 12.3. The number of rotatable bonds is 10. The van der Waals surface area contributed by atoms with Crippen molar-refractivity contribution < 1.29 is 47.6 Å². The van der Waals surface area contributed by atoms with Gasteiger partial charge in [-0.15, -0.1) is 0 Å². The van der Waals surface area contributed by atoms with Crippen LogP contribution in [0.5, 0.6) is 5.75 Å². The highest BCUT2D eigenvalue weighted by Crippen LogP contribution is 2.43. The number of benzene rings is 2. The van der Waals surface area contributed by atoms with Gasteiger partial charge in [0.1, 0.15) is 24.6 Å². The van der Waals surface area contributed by atoms with Gasteiger partial charge in [0.25, 0.3) is 0 Å². The Morgan fingerprint density at radius 2 is 1.40 bits per heavy atom. The molecular weight excluding hydrogens is 612 g/mol. The number of ether oxygens (including phenoxy) is 6. The van der Waals surface area contributed by atoms with Gasteiger partial charge in [-0.1, -0.05) is 41.9 Å². The van der Waals surface area contributed by atoms with Crippen LogP contribution in [0, 0.1) is 0 Å². The van der Waals surface area contributed by atoms with E-state index in [1.165, 1.54) is 34.8 Å². The van der Waals surface area contributed by atoms with Crippen LogP contribution in [0.3, 0.4) is 0 Å². The van der Waals surface area contributed by atoms with Gasteiger partial charge in [-0.3, -0.25) is 19.2 Å². The molecule has 2 aromatic carbocycles. The van der Waals surface area contributed by atoms with E-state index in [4.69, 9.17) is 28.4 Å². The van der Waals surface area contributed by atoms with Crippen molar-refractivity contribution in [1.82, 2.24) is 0 Å². The van der Waals surface area contributed by atoms with E-state index < -0.39 is 54.4 Å². The Morgan fingerprint density at radius 3 is 1.93 bits per heavy atom. The molecule has 228 valence electrons. The third kappa shape index (κ3) is 8.54. The van der Waals surface area contributed by atoms with Crippen molar-refractivity contribution in [3.63, 3.8) is 0 Å². The molecule has 1 heterocycles. The molecule has 0 amide bonds. The topological polar surface area (TPSA) is 124 Å². The SMILES string of the molecule is COc1cc(C(C)C)c(Cc2ccc(Br)cc2)cc1C1OC(COC(C)=O)C(OC(C)=O)C(OC(C)=O)C1OC(C)=O. The van der Waals surface area contributed by atoms with Crippen LogP contribution in [0.15, 0.2) is 40.9 Å². The van der Waals surface area contributed by atoms with E-state index >= 15 is 0 Å². The molecule has 1 fully saturated rings. The fourth-order valence-corrected chi connectivity index (χ4v) is 5.31. The number of carbonyl (C=O) groups excluding carboxylic acids is 4. The first-order valence-electron chi connectivity index (χ1n) is 13.6. The predicted molar refractivity (Wildman–Crippen MR) is 155 cm³/mol. The zero-order valence-electron chi connectivity index (χ0n) is 24.8. The van der Waals surface area contributed by atoms with Gasteiger partial charge < -0.3 is 28.4 Å². The Hall–Kier alpha value is -3.44. The minimum absolute atomic E-state index is 0.147. The van der Waals surface area contributed by atoms with Gasteiger partial charge in [0.05, 0.1) is 7.11 Å². The zero-order chi connectivity index (χ0) is 31.1. The molecule has 11 heteroatoms. The number of carbonyl (C=O) groups is 4. The first-order valence-corrected chi connectivity index (χ1v) is 14.4. The Kier molecular flexibility index (Phi) is 11.5. The summed E-state index contributed by atoms with van der Waals surface area (Å²) in [6.45, 7) is 8.66. The van der Waals surface area contributed by atoms with Gasteiger partial charge in [0.15, 0.2) is 18.3 Å². The first-order chi connectivity index (χ1) is 19.8. The van der Waals surface area contributed by atoms with E-state index in [0.717, 1.165) is 21.2 Å². The second kappa shape index (κ2) is 14.6. The smallest absolute Gasteiger partial charge is 0.303 e. The van der Waals surface area contributed by atoms with Crippen LogP contribution >= 0.6 is 15.9 Å². The van der Waals surface area contributed by atoms with E-state index in [0.29, 0.717) is 17.7 Å². The Balaban J connectivity index is 2.22. The quantitative estimate of drug-likeness (QED) is 0.258. The summed E-state index contributed by atoms with van der Waals surface area (Å²) in [4.78, 5) is 48.4. The van der Waals surface area contributed by atoms with Gasteiger partial charge >= 0.3 is 23.9 Å². The van der Waals surface area contributed by atoms with E-state index in [9.17, 15) is 19.2 Å². The summed E-state index contributed by atoms with van der Waals surface area (Å²) in [6, 6.07) is 11.8. The number of halogens is 1. The summed E-state index contributed by atoms with van der Waals surface area (Å²) >= 11 is 3.47. The average Bonchev–Trinajstić information content (AvgIpc) is 2.90. The molecule has 0 saturated carbocycles. The van der Waals surface area contributed by atoms with Crippen molar-refractivity contribution in [1.29, 1.82) is 0 Å². The molecule has 1 saturated heterocycles. The summed E-state index contributed by atoms with van der Waals surface area (Å²) < 4.78 is 35.2. The van der Waals surface area contributed by atoms with Crippen molar-refractivity contribution in [2.24, 2.45) is 0 Å². The molecule has 0 bridgehead atoms. The van der Waals surface area contributed by atoms with Crippen LogP contribution < -0.4 is 4.74 Å². The highest BCUT2D eigenvalue weighted by Gasteiger charge is 2.53. The standard InChI is InChI=1S/C31H37BrO10/c1-16(2)24-14-26(37-7)25(13-22(24)12-21-8-10-23(32)11-9-21)28-30(40-19(5)35)31(41-20(6)36)29(39-18(4)34)27(42-28)15-38-17(3)33/h8-11,13-14,16,27-31H,12,15H2,1-7H3. The first kappa shape index (κ1) is 33.1. The molecular formula is C31H37BrO10. The minimum atomic E-state index is -1.28. The summed E-state index contributed by atoms with van der Waals surface area (Å²) in [5.74, 6) is -2.03. The van der Waals surface area contributed by atoms with E-state index in [1.807, 2.05) is 36.4 Å². The van der Waals surface area contributed by atoms with Gasteiger partial charge in [-0.2, -0.15) is 0 Å². The molecule has 5 atom stereocenters. The Labute approximate surface area is 254 Å². The van der Waals surface area contributed by atoms with Crippen molar-refractivity contribution in [2.75, 3.05) is 13.7 Å². The Bertz CT molecular complexity index is 1290. The van der Waals surface area contributed by atoms with Crippen molar-refractivity contribution in [3.8, 4) is 5.75 Å². The van der Waals surface area contributed by atoms with Gasteiger partial charge in [-0.25, -0.2) is 0 Å². The largest absolute Gasteiger partial charge is 0.496 e. The maximum Gasteiger partial charge on any atom is 0.303 e. The molecule has 0 N–H and O–H groups in total. The van der Waals surface area contributed by atoms with Crippen LogP contribution in [0.2, 0.25) is 0 Å². The number of esters is 4. The number of hydrogen-bond donors (Lipinski definition) is 0. The van der Waals surface area contributed by atoms with E-state index in [1.54, 1.807) is 0 Å². The summed E-state index contributed by atoms with van der Waals surface area (Å²) in [7, 11) is 1.52. The molecule has 0 aliphatic carbocycles. The zero-order valence-corrected chi connectivity index (χ0v) is 26.4. The van der Waals surface area contributed by atoms with Crippen LogP contribution in [0.1, 0.15) is 75.8 Å². The molecule has 10 nitrogen and oxygen atoms in total. The van der Waals surface area contributed by atoms with Crippen molar-refractivity contribution in [3.05, 3.63) is 63.1 Å². The monoisotopic (exact) mass is 648 g/mol. The molecule has 1 aliphatic heterocycles. The van der Waals surface area contributed by atoms with Gasteiger partial charge in [0, 0.05) is 37.7 Å². The molecule has 0 aromatic heterocycles. The van der Waals surface area contributed by atoms with Crippen LogP contribution in [0.25, 0.3) is 0 Å². The summed E-state index contributed by atoms with van der Waals surface area (Å²) in [5.41, 5.74) is 3.62. The third-order valence-corrected chi connectivity index (χ3v) is 7.25. The fraction of sp³-hybridized carbons (Fsp3) is 0.484. The lowest BCUT2D eigenvalue weighted by Crippen LogP contribution is -2.59. The molecule has 0 radical (unpaired) electrons. The summed E-state index contributed by atoms with van der Waals surface area (Å²) in [6.07, 6.45) is -5.28. The lowest BCUT2D eigenvalue weighted by molar-refractivity contribution is -0.254. The number of hydrogen-bond acceptors (Lipinski definition) is 10. The molecule has 1 aliphatic rings. The van der Waals surface area contributed by atoms with E-state index in [2.05, 4.69) is 29.8 Å². The molecule has 2 aromatic rings. The van der Waals surface area contributed by atoms with Gasteiger partial charge in [0.2, 0.25) is 0 Å². The highest BCUT2D eigenvalue weighted by atomic mass is 79.9. The Morgan fingerprint density at radius 1 is 0.833 bits per heavy atom. The molecule has 3 rings (SSSR count). The van der Waals surface area contributed by atoms with Crippen LogP contribution in [-0.4, -0.2) is 62.0 Å². The normalized spacial score (nSPS) is 21.8. The van der Waals surface area contributed by atoms with Gasteiger partial charge in [-0.05, 0) is 53.3 Å². The van der Waals surface area contributed by atoms with Crippen LogP contribution in [-0.2, 0) is 49.3 Å². The average molecular weight is 650 g/mol. The summed E-state index contributed by atoms with van der Waals surface area (Å²) in [5, 5.41) is 0. The van der Waals surface area contributed by atoms with Crippen LogP contribution in [0.4, 0.5) is 0 Å². The number of methoxy groups -OCH3 is 1. The molecule has 42 heavy (non-hydrogen) atoms. The lowest BCUT2D eigenvalue weighted by atomic mass is 9.85. The van der Waals surface area contributed by atoms with Crippen molar-refractivity contribution >= 4 is 39.8 Å². The lowest BCUT2D eigenvalue weighted by Gasteiger charge is -2.45. The predicted octanol–water partition coefficient (Wildman–Crippen LogP) is 4.97. The van der Waals surface area contributed by atoms with E-state index in [-0.39, 0.29) is 12.5 Å². The molecule has 5 unspecified atom stereocenters. The molecule has 0 spiro atoms. The van der Waals surface area contributed by atoms with Crippen molar-refractivity contribution in [2.45, 2.75) is 84.4 Å². The fourth-order valence-electron chi connectivity index (χ4n) is 5.05. The third-order valence-electron chi connectivity index (χ3n) is 6.72. The second-order valence-electron chi connectivity index (χ2n) is 10.4. The second-order valence-corrected chi connectivity index (χ2v) is 11.3. The maximum absolute atomic E-state index is 12.3. The minimum Gasteiger partial charge on any atom is -0.496 e.